The van der Waals surface area contributed by atoms with Gasteiger partial charge in [0, 0.05) is 0 Å². The molecule has 1 heterocycles. The Morgan fingerprint density at radius 2 is 1.86 bits per heavy atom. The van der Waals surface area contributed by atoms with Gasteiger partial charge in [0.25, 0.3) is 0 Å². The second-order valence-corrected chi connectivity index (χ2v) is 8.15. The van der Waals surface area contributed by atoms with Crippen molar-refractivity contribution in [3.63, 3.8) is 0 Å². The molecule has 0 unspecified atom stereocenters. The number of hydrogen-bond donors (Lipinski definition) is 1. The zero-order chi connectivity index (χ0) is 20.3. The molecule has 8 nitrogen and oxygen atoms in total. The Kier molecular flexibility index (Phi) is 5.55. The molecule has 2 aromatic rings. The quantitative estimate of drug-likeness (QED) is 0.794. The van der Waals surface area contributed by atoms with Crippen LogP contribution in [0, 0.1) is 0 Å². The summed E-state index contributed by atoms with van der Waals surface area (Å²) in [5, 5.41) is 2.70. The number of carbonyl (C=O) groups excluding carboxylic acids is 2. The maximum absolute atomic E-state index is 12.9. The summed E-state index contributed by atoms with van der Waals surface area (Å²) in [5.74, 6) is -0.228. The Hall–Kier alpha value is -3.07. The first-order chi connectivity index (χ1) is 13.3. The molecule has 28 heavy (non-hydrogen) atoms. The number of nitrogens with zero attached hydrogens (tertiary/aromatic N) is 2. The molecule has 0 atom stereocenters. The number of para-hydroxylation sites is 2. The maximum Gasteiger partial charge on any atom is 0.248 e. The molecule has 0 aliphatic carbocycles. The standard InChI is InChI=1S/C19H21N3O5S/c1-3-27-15-10-8-14(9-11-15)22(28(2,25)26)13-19(24)21-12-18(23)20-16-6-4-5-7-17(16)21/h4-11H,3,12-13H2,1-2H3,(H,20,23). The molecule has 0 radical (unpaired) electrons. The van der Waals surface area contributed by atoms with Gasteiger partial charge in [0.15, 0.2) is 0 Å². The average Bonchev–Trinajstić information content (AvgIpc) is 2.65. The molecule has 0 aromatic heterocycles. The van der Waals surface area contributed by atoms with E-state index < -0.39 is 22.5 Å². The van der Waals surface area contributed by atoms with Crippen LogP contribution in [0.5, 0.6) is 5.75 Å². The van der Waals surface area contributed by atoms with Crippen LogP contribution in [0.25, 0.3) is 0 Å². The molecule has 9 heteroatoms. The molecule has 1 aliphatic heterocycles. The zero-order valence-electron chi connectivity index (χ0n) is 15.6. The monoisotopic (exact) mass is 403 g/mol. The summed E-state index contributed by atoms with van der Waals surface area (Å²) in [7, 11) is -3.72. The largest absolute Gasteiger partial charge is 0.494 e. The lowest BCUT2D eigenvalue weighted by Crippen LogP contribution is -2.47. The Labute approximate surface area is 163 Å². The van der Waals surface area contributed by atoms with E-state index in [1.165, 1.54) is 4.90 Å². The third kappa shape index (κ3) is 4.25. The van der Waals surface area contributed by atoms with Gasteiger partial charge in [-0.15, -0.1) is 0 Å². The lowest BCUT2D eigenvalue weighted by atomic mass is 10.2. The summed E-state index contributed by atoms with van der Waals surface area (Å²) in [6.45, 7) is 1.75. The highest BCUT2D eigenvalue weighted by molar-refractivity contribution is 7.92. The normalized spacial score (nSPS) is 13.5. The Morgan fingerprint density at radius 1 is 1.18 bits per heavy atom. The molecule has 3 rings (SSSR count). The van der Waals surface area contributed by atoms with Gasteiger partial charge < -0.3 is 10.1 Å². The molecule has 0 bridgehead atoms. The Bertz CT molecular complexity index is 989. The molecule has 2 aromatic carbocycles. The number of fused-ring (bicyclic) bond motifs is 1. The maximum atomic E-state index is 12.9. The van der Waals surface area contributed by atoms with E-state index in [2.05, 4.69) is 5.32 Å². The molecule has 0 saturated heterocycles. The van der Waals surface area contributed by atoms with Crippen LogP contribution in [-0.2, 0) is 19.6 Å². The van der Waals surface area contributed by atoms with E-state index in [1.807, 2.05) is 6.92 Å². The number of anilines is 3. The number of sulfonamides is 1. The molecule has 0 saturated carbocycles. The van der Waals surface area contributed by atoms with Gasteiger partial charge in [0.1, 0.15) is 18.8 Å². The van der Waals surface area contributed by atoms with Crippen molar-refractivity contribution in [3.8, 4) is 5.75 Å². The fourth-order valence-corrected chi connectivity index (χ4v) is 3.79. The third-order valence-electron chi connectivity index (χ3n) is 4.19. The minimum absolute atomic E-state index is 0.170. The first kappa shape index (κ1) is 19.7. The van der Waals surface area contributed by atoms with Crippen LogP contribution in [0.1, 0.15) is 6.92 Å². The molecule has 0 fully saturated rings. The van der Waals surface area contributed by atoms with Gasteiger partial charge in [0.05, 0.1) is 29.9 Å². The minimum Gasteiger partial charge on any atom is -0.494 e. The Balaban J connectivity index is 1.88. The first-order valence-electron chi connectivity index (χ1n) is 8.69. The summed E-state index contributed by atoms with van der Waals surface area (Å²) in [6, 6.07) is 13.3. The fourth-order valence-electron chi connectivity index (χ4n) is 2.94. The summed E-state index contributed by atoms with van der Waals surface area (Å²) in [5.41, 5.74) is 1.39. The van der Waals surface area contributed by atoms with Gasteiger partial charge in [-0.25, -0.2) is 8.42 Å². The van der Waals surface area contributed by atoms with Crippen molar-refractivity contribution >= 4 is 38.9 Å². The van der Waals surface area contributed by atoms with Gasteiger partial charge in [-0.2, -0.15) is 0 Å². The lowest BCUT2D eigenvalue weighted by Gasteiger charge is -2.31. The van der Waals surface area contributed by atoms with Crippen LogP contribution in [0.2, 0.25) is 0 Å². The van der Waals surface area contributed by atoms with Gasteiger partial charge in [-0.1, -0.05) is 12.1 Å². The van der Waals surface area contributed by atoms with Crippen LogP contribution in [0.15, 0.2) is 48.5 Å². The molecule has 1 N–H and O–H groups in total. The van der Waals surface area contributed by atoms with Crippen molar-refractivity contribution in [2.24, 2.45) is 0 Å². The van der Waals surface area contributed by atoms with Crippen LogP contribution >= 0.6 is 0 Å². The van der Waals surface area contributed by atoms with E-state index in [9.17, 15) is 18.0 Å². The van der Waals surface area contributed by atoms with E-state index in [-0.39, 0.29) is 12.5 Å². The second kappa shape index (κ2) is 7.89. The molecule has 1 aliphatic rings. The third-order valence-corrected chi connectivity index (χ3v) is 5.33. The highest BCUT2D eigenvalue weighted by Gasteiger charge is 2.30. The highest BCUT2D eigenvalue weighted by atomic mass is 32.2. The lowest BCUT2D eigenvalue weighted by molar-refractivity contribution is -0.121. The van der Waals surface area contributed by atoms with E-state index in [0.717, 1.165) is 10.6 Å². The van der Waals surface area contributed by atoms with Gasteiger partial charge in [0.2, 0.25) is 21.8 Å². The van der Waals surface area contributed by atoms with Crippen molar-refractivity contribution in [1.29, 1.82) is 0 Å². The SMILES string of the molecule is CCOc1ccc(N(CC(=O)N2CC(=O)Nc3ccccc32)S(C)(=O)=O)cc1. The summed E-state index contributed by atoms with van der Waals surface area (Å²) >= 11 is 0. The molecular weight excluding hydrogens is 382 g/mol. The predicted octanol–water partition coefficient (Wildman–Crippen LogP) is 1.84. The minimum atomic E-state index is -3.72. The van der Waals surface area contributed by atoms with Crippen molar-refractivity contribution in [1.82, 2.24) is 0 Å². The van der Waals surface area contributed by atoms with Crippen molar-refractivity contribution in [2.75, 3.05) is 40.5 Å². The van der Waals surface area contributed by atoms with E-state index in [4.69, 9.17) is 4.74 Å². The van der Waals surface area contributed by atoms with Crippen LogP contribution in [0.3, 0.4) is 0 Å². The molecular formula is C19H21N3O5S. The van der Waals surface area contributed by atoms with Crippen LogP contribution in [0.4, 0.5) is 17.1 Å². The topological polar surface area (TPSA) is 96.0 Å². The van der Waals surface area contributed by atoms with Gasteiger partial charge in [-0.3, -0.25) is 18.8 Å². The van der Waals surface area contributed by atoms with Crippen LogP contribution < -0.4 is 19.3 Å². The number of amides is 2. The number of ether oxygens (including phenoxy) is 1. The van der Waals surface area contributed by atoms with E-state index in [1.54, 1.807) is 48.5 Å². The van der Waals surface area contributed by atoms with Crippen molar-refractivity contribution < 1.29 is 22.7 Å². The number of rotatable bonds is 6. The predicted molar refractivity (Wildman–Crippen MR) is 107 cm³/mol. The average molecular weight is 403 g/mol. The van der Waals surface area contributed by atoms with Crippen molar-refractivity contribution in [2.45, 2.75) is 6.92 Å². The zero-order valence-corrected chi connectivity index (χ0v) is 16.4. The molecule has 0 spiro atoms. The van der Waals surface area contributed by atoms with E-state index >= 15 is 0 Å². The second-order valence-electron chi connectivity index (χ2n) is 6.24. The summed E-state index contributed by atoms with van der Waals surface area (Å²) in [4.78, 5) is 26.2. The molecule has 148 valence electrons. The molecule has 2 amide bonds. The number of benzene rings is 2. The number of carbonyl (C=O) groups is 2. The summed E-state index contributed by atoms with van der Waals surface area (Å²) < 4.78 is 31.0. The fraction of sp³-hybridized carbons (Fsp3) is 0.263. The summed E-state index contributed by atoms with van der Waals surface area (Å²) in [6.07, 6.45) is 1.04. The highest BCUT2D eigenvalue weighted by Crippen LogP contribution is 2.29. The smallest absolute Gasteiger partial charge is 0.248 e. The van der Waals surface area contributed by atoms with Gasteiger partial charge >= 0.3 is 0 Å². The van der Waals surface area contributed by atoms with Crippen LogP contribution in [-0.4, -0.2) is 46.2 Å². The van der Waals surface area contributed by atoms with Crippen molar-refractivity contribution in [3.05, 3.63) is 48.5 Å². The van der Waals surface area contributed by atoms with Gasteiger partial charge in [-0.05, 0) is 43.3 Å². The number of hydrogen-bond acceptors (Lipinski definition) is 5. The first-order valence-corrected chi connectivity index (χ1v) is 10.5. The number of nitrogens with one attached hydrogen (secondary N) is 1. The van der Waals surface area contributed by atoms with E-state index in [0.29, 0.717) is 29.4 Å². The Morgan fingerprint density at radius 3 is 2.50 bits per heavy atom.